The van der Waals surface area contributed by atoms with Gasteiger partial charge in [0.2, 0.25) is 0 Å². The molecule has 2 aromatic rings. The zero-order valence-corrected chi connectivity index (χ0v) is 13.1. The minimum atomic E-state index is -0.990. The third-order valence-electron chi connectivity index (χ3n) is 3.22. The fourth-order valence-corrected chi connectivity index (χ4v) is 2.28. The molecule has 0 unspecified atom stereocenters. The molecule has 1 aromatic carbocycles. The van der Waals surface area contributed by atoms with E-state index in [9.17, 15) is 4.79 Å². The van der Waals surface area contributed by atoms with E-state index in [-0.39, 0.29) is 5.56 Å². The normalized spacial score (nSPS) is 10.8. The lowest BCUT2D eigenvalue weighted by Gasteiger charge is -2.04. The number of carbonyl (C=O) groups is 1. The van der Waals surface area contributed by atoms with Crippen LogP contribution in [0.5, 0.6) is 0 Å². The van der Waals surface area contributed by atoms with Crippen molar-refractivity contribution in [2.45, 2.75) is 13.0 Å². The van der Waals surface area contributed by atoms with Crippen LogP contribution in [-0.2, 0) is 6.54 Å². The monoisotopic (exact) mass is 322 g/mol. The van der Waals surface area contributed by atoms with Gasteiger partial charge in [0.1, 0.15) is 11.5 Å². The standard InChI is InChI=1S/C16H19ClN2O3/c1-18-7-2-8-19-10-12-4-6-15(22-12)13-9-11(16(20)21)3-5-14(13)17/h3-6,9,18-19H,2,7-8,10H2,1H3,(H,20,21). The summed E-state index contributed by atoms with van der Waals surface area (Å²) in [7, 11) is 1.92. The van der Waals surface area contributed by atoms with Crippen LogP contribution in [0.3, 0.4) is 0 Å². The number of benzene rings is 1. The molecule has 0 atom stereocenters. The van der Waals surface area contributed by atoms with Gasteiger partial charge in [-0.15, -0.1) is 0 Å². The molecule has 0 bridgehead atoms. The fourth-order valence-electron chi connectivity index (χ4n) is 2.07. The number of nitrogens with one attached hydrogen (secondary N) is 2. The Kier molecular flexibility index (Phi) is 6.00. The summed E-state index contributed by atoms with van der Waals surface area (Å²) in [5.74, 6) is 0.368. The second kappa shape index (κ2) is 7.98. The second-order valence-electron chi connectivity index (χ2n) is 4.90. The summed E-state index contributed by atoms with van der Waals surface area (Å²) in [6, 6.07) is 8.23. The maximum atomic E-state index is 11.0. The Morgan fingerprint density at radius 1 is 1.27 bits per heavy atom. The van der Waals surface area contributed by atoms with Gasteiger partial charge in [-0.1, -0.05) is 11.6 Å². The highest BCUT2D eigenvalue weighted by atomic mass is 35.5. The SMILES string of the molecule is CNCCCNCc1ccc(-c2cc(C(=O)O)ccc2Cl)o1. The van der Waals surface area contributed by atoms with Crippen molar-refractivity contribution in [2.24, 2.45) is 0 Å². The first-order valence-corrected chi connectivity index (χ1v) is 7.47. The summed E-state index contributed by atoms with van der Waals surface area (Å²) in [6.07, 6.45) is 1.04. The number of halogens is 1. The molecule has 22 heavy (non-hydrogen) atoms. The van der Waals surface area contributed by atoms with Crippen LogP contribution in [0.1, 0.15) is 22.5 Å². The van der Waals surface area contributed by atoms with Gasteiger partial charge in [0.05, 0.1) is 17.1 Å². The van der Waals surface area contributed by atoms with Crippen molar-refractivity contribution in [1.29, 1.82) is 0 Å². The average molecular weight is 323 g/mol. The molecule has 2 rings (SSSR count). The van der Waals surface area contributed by atoms with E-state index in [4.69, 9.17) is 21.1 Å². The minimum Gasteiger partial charge on any atom is -0.478 e. The number of hydrogen-bond donors (Lipinski definition) is 3. The van der Waals surface area contributed by atoms with Gasteiger partial charge in [-0.05, 0) is 56.9 Å². The maximum Gasteiger partial charge on any atom is 0.335 e. The molecule has 1 heterocycles. The van der Waals surface area contributed by atoms with Gasteiger partial charge in [-0.2, -0.15) is 0 Å². The summed E-state index contributed by atoms with van der Waals surface area (Å²) < 4.78 is 5.74. The zero-order chi connectivity index (χ0) is 15.9. The number of hydrogen-bond acceptors (Lipinski definition) is 4. The van der Waals surface area contributed by atoms with Crippen LogP contribution in [0, 0.1) is 0 Å². The highest BCUT2D eigenvalue weighted by molar-refractivity contribution is 6.33. The van der Waals surface area contributed by atoms with Crippen LogP contribution < -0.4 is 10.6 Å². The van der Waals surface area contributed by atoms with Crippen molar-refractivity contribution in [3.05, 3.63) is 46.7 Å². The molecule has 1 aromatic heterocycles. The van der Waals surface area contributed by atoms with Crippen molar-refractivity contribution >= 4 is 17.6 Å². The summed E-state index contributed by atoms with van der Waals surface area (Å²) >= 11 is 6.13. The van der Waals surface area contributed by atoms with Gasteiger partial charge in [0, 0.05) is 5.56 Å². The van der Waals surface area contributed by atoms with Crippen LogP contribution in [0.15, 0.2) is 34.7 Å². The number of furan rings is 1. The smallest absolute Gasteiger partial charge is 0.335 e. The molecule has 3 N–H and O–H groups in total. The van der Waals surface area contributed by atoms with E-state index >= 15 is 0 Å². The molecular formula is C16H19ClN2O3. The Hall–Kier alpha value is -1.82. The Morgan fingerprint density at radius 3 is 2.82 bits per heavy atom. The van der Waals surface area contributed by atoms with Gasteiger partial charge in [-0.3, -0.25) is 0 Å². The molecular weight excluding hydrogens is 304 g/mol. The van der Waals surface area contributed by atoms with E-state index in [0.29, 0.717) is 22.9 Å². The van der Waals surface area contributed by atoms with Crippen molar-refractivity contribution < 1.29 is 14.3 Å². The van der Waals surface area contributed by atoms with E-state index < -0.39 is 5.97 Å². The molecule has 5 nitrogen and oxygen atoms in total. The Bertz CT molecular complexity index is 640. The maximum absolute atomic E-state index is 11.0. The zero-order valence-electron chi connectivity index (χ0n) is 12.4. The van der Waals surface area contributed by atoms with Crippen LogP contribution in [0.25, 0.3) is 11.3 Å². The largest absolute Gasteiger partial charge is 0.478 e. The number of aromatic carboxylic acids is 1. The molecule has 6 heteroatoms. The molecule has 0 spiro atoms. The summed E-state index contributed by atoms with van der Waals surface area (Å²) in [5, 5.41) is 15.9. The second-order valence-corrected chi connectivity index (χ2v) is 5.31. The predicted octanol–water partition coefficient (Wildman–Crippen LogP) is 3.00. The third-order valence-corrected chi connectivity index (χ3v) is 3.55. The van der Waals surface area contributed by atoms with Crippen molar-refractivity contribution in [2.75, 3.05) is 20.1 Å². The van der Waals surface area contributed by atoms with Crippen LogP contribution in [0.4, 0.5) is 0 Å². The van der Waals surface area contributed by atoms with Crippen molar-refractivity contribution in [3.8, 4) is 11.3 Å². The number of rotatable bonds is 8. The average Bonchev–Trinajstić information content (AvgIpc) is 2.96. The molecule has 0 radical (unpaired) electrons. The summed E-state index contributed by atoms with van der Waals surface area (Å²) in [6.45, 7) is 2.49. The first-order valence-electron chi connectivity index (χ1n) is 7.09. The molecule has 0 amide bonds. The summed E-state index contributed by atoms with van der Waals surface area (Å²) in [4.78, 5) is 11.0. The molecule has 0 aliphatic heterocycles. The van der Waals surface area contributed by atoms with Gasteiger partial charge in [0.25, 0.3) is 0 Å². The molecule has 0 fully saturated rings. The van der Waals surface area contributed by atoms with E-state index in [1.54, 1.807) is 12.1 Å². The lowest BCUT2D eigenvalue weighted by Crippen LogP contribution is -2.19. The highest BCUT2D eigenvalue weighted by Crippen LogP contribution is 2.30. The highest BCUT2D eigenvalue weighted by Gasteiger charge is 2.12. The predicted molar refractivity (Wildman–Crippen MR) is 86.4 cm³/mol. The molecule has 118 valence electrons. The minimum absolute atomic E-state index is 0.183. The van der Waals surface area contributed by atoms with Gasteiger partial charge in [0.15, 0.2) is 0 Å². The lowest BCUT2D eigenvalue weighted by molar-refractivity contribution is 0.0697. The van der Waals surface area contributed by atoms with E-state index in [0.717, 1.165) is 25.3 Å². The van der Waals surface area contributed by atoms with E-state index in [1.807, 2.05) is 13.1 Å². The number of carboxylic acid groups (broad SMARTS) is 1. The molecule has 0 saturated heterocycles. The van der Waals surface area contributed by atoms with E-state index in [1.165, 1.54) is 12.1 Å². The third kappa shape index (κ3) is 4.34. The lowest BCUT2D eigenvalue weighted by atomic mass is 10.1. The van der Waals surface area contributed by atoms with Crippen LogP contribution in [-0.4, -0.2) is 31.2 Å². The van der Waals surface area contributed by atoms with Crippen molar-refractivity contribution in [3.63, 3.8) is 0 Å². The molecule has 0 aliphatic rings. The van der Waals surface area contributed by atoms with Gasteiger partial charge >= 0.3 is 5.97 Å². The van der Waals surface area contributed by atoms with E-state index in [2.05, 4.69) is 10.6 Å². The van der Waals surface area contributed by atoms with Gasteiger partial charge < -0.3 is 20.2 Å². The molecule has 0 aliphatic carbocycles. The first kappa shape index (κ1) is 16.5. The first-order chi connectivity index (χ1) is 10.6. The van der Waals surface area contributed by atoms with Crippen molar-refractivity contribution in [1.82, 2.24) is 10.6 Å². The Balaban J connectivity index is 2.04. The number of carboxylic acids is 1. The Morgan fingerprint density at radius 2 is 2.09 bits per heavy atom. The molecule has 0 saturated carbocycles. The topological polar surface area (TPSA) is 74.5 Å². The fraction of sp³-hybridized carbons (Fsp3) is 0.312. The van der Waals surface area contributed by atoms with Crippen LogP contribution >= 0.6 is 11.6 Å². The van der Waals surface area contributed by atoms with Gasteiger partial charge in [-0.25, -0.2) is 4.79 Å². The summed E-state index contributed by atoms with van der Waals surface area (Å²) in [5.41, 5.74) is 0.769. The quantitative estimate of drug-likeness (QED) is 0.651. The Labute approximate surface area is 134 Å². The van der Waals surface area contributed by atoms with Crippen LogP contribution in [0.2, 0.25) is 5.02 Å².